The number of rotatable bonds is 3. The summed E-state index contributed by atoms with van der Waals surface area (Å²) in [7, 11) is 0. The summed E-state index contributed by atoms with van der Waals surface area (Å²) in [5, 5.41) is 2.63. The molecule has 0 aromatic heterocycles. The minimum absolute atomic E-state index is 0.233. The van der Waals surface area contributed by atoms with Gasteiger partial charge in [-0.3, -0.25) is 10.1 Å². The second-order valence-corrected chi connectivity index (χ2v) is 4.76. The largest absolute Gasteiger partial charge is 0.416 e. The van der Waals surface area contributed by atoms with E-state index in [-0.39, 0.29) is 5.56 Å². The fourth-order valence-electron chi connectivity index (χ4n) is 2.37. The molecule has 0 spiro atoms. The van der Waals surface area contributed by atoms with Crippen molar-refractivity contribution in [1.29, 1.82) is 0 Å². The van der Waals surface area contributed by atoms with Gasteiger partial charge < -0.3 is 4.90 Å². The third-order valence-corrected chi connectivity index (χ3v) is 3.27. The van der Waals surface area contributed by atoms with E-state index < -0.39 is 42.8 Å². The van der Waals surface area contributed by atoms with Crippen LogP contribution in [-0.4, -0.2) is 29.8 Å². The van der Waals surface area contributed by atoms with Gasteiger partial charge in [0.15, 0.2) is 0 Å². The van der Waals surface area contributed by atoms with Crippen molar-refractivity contribution >= 4 is 5.91 Å². The molecule has 3 nitrogen and oxygen atoms in total. The first-order chi connectivity index (χ1) is 9.71. The highest BCUT2D eigenvalue weighted by atomic mass is 19.4. The van der Waals surface area contributed by atoms with Crippen molar-refractivity contribution in [2.45, 2.75) is 31.7 Å². The van der Waals surface area contributed by atoms with Gasteiger partial charge in [-0.25, -0.2) is 8.78 Å². The molecule has 2 atom stereocenters. The lowest BCUT2D eigenvalue weighted by molar-refractivity contribution is -0.140. The van der Waals surface area contributed by atoms with E-state index in [4.69, 9.17) is 0 Å². The third-order valence-electron chi connectivity index (χ3n) is 3.27. The molecule has 116 valence electrons. The molecule has 0 bridgehead atoms. The van der Waals surface area contributed by atoms with Crippen LogP contribution in [0, 0.1) is 0 Å². The fourth-order valence-corrected chi connectivity index (χ4v) is 2.37. The average molecular weight is 308 g/mol. The lowest BCUT2D eigenvalue weighted by atomic mass is 10.0. The Labute approximate surface area is 117 Å². The maximum absolute atomic E-state index is 13.0. The molecule has 1 aromatic carbocycles. The van der Waals surface area contributed by atoms with Crippen molar-refractivity contribution in [2.24, 2.45) is 0 Å². The van der Waals surface area contributed by atoms with Gasteiger partial charge in [-0.15, -0.1) is 0 Å². The molecule has 0 saturated carbocycles. The molecule has 2 rings (SSSR count). The molecule has 1 amide bonds. The van der Waals surface area contributed by atoms with Crippen LogP contribution in [0.5, 0.6) is 0 Å². The number of carbonyl (C=O) groups excluding carboxylic acids is 1. The topological polar surface area (TPSA) is 32.3 Å². The van der Waals surface area contributed by atoms with Crippen molar-refractivity contribution < 1.29 is 26.7 Å². The SMILES string of the molecule is CC1NC(c2ccccc2C(F)(F)F)N(CC(F)F)C1=O. The first kappa shape index (κ1) is 15.7. The number of nitrogens with one attached hydrogen (secondary N) is 1. The molecule has 1 heterocycles. The van der Waals surface area contributed by atoms with Crippen LogP contribution in [0.4, 0.5) is 22.0 Å². The molecule has 1 N–H and O–H groups in total. The first-order valence-electron chi connectivity index (χ1n) is 6.22. The summed E-state index contributed by atoms with van der Waals surface area (Å²) >= 11 is 0. The Bertz CT molecular complexity index is 532. The Morgan fingerprint density at radius 3 is 2.48 bits per heavy atom. The molecule has 1 saturated heterocycles. The van der Waals surface area contributed by atoms with E-state index in [1.54, 1.807) is 0 Å². The molecule has 0 aliphatic carbocycles. The number of alkyl halides is 5. The summed E-state index contributed by atoms with van der Waals surface area (Å²) in [5.41, 5.74) is -1.17. The monoisotopic (exact) mass is 308 g/mol. The predicted molar refractivity (Wildman–Crippen MR) is 64.5 cm³/mol. The number of amides is 1. The molecule has 21 heavy (non-hydrogen) atoms. The highest BCUT2D eigenvalue weighted by Gasteiger charge is 2.43. The number of hydrogen-bond acceptors (Lipinski definition) is 2. The minimum Gasteiger partial charge on any atom is -0.316 e. The Morgan fingerprint density at radius 2 is 1.90 bits per heavy atom. The predicted octanol–water partition coefficient (Wildman–Crippen LogP) is 2.79. The summed E-state index contributed by atoms with van der Waals surface area (Å²) < 4.78 is 64.2. The molecule has 0 radical (unpaired) electrons. The van der Waals surface area contributed by atoms with Gasteiger partial charge in [-0.05, 0) is 13.0 Å². The van der Waals surface area contributed by atoms with Gasteiger partial charge in [0.05, 0.1) is 18.2 Å². The van der Waals surface area contributed by atoms with Crippen LogP contribution < -0.4 is 5.32 Å². The van der Waals surface area contributed by atoms with Gasteiger partial charge in [-0.1, -0.05) is 18.2 Å². The number of hydrogen-bond donors (Lipinski definition) is 1. The molecular weight excluding hydrogens is 295 g/mol. The van der Waals surface area contributed by atoms with Crippen LogP contribution >= 0.6 is 0 Å². The summed E-state index contributed by atoms with van der Waals surface area (Å²) in [6, 6.07) is 3.83. The van der Waals surface area contributed by atoms with E-state index in [0.29, 0.717) is 0 Å². The van der Waals surface area contributed by atoms with Gasteiger partial charge in [0.25, 0.3) is 6.43 Å². The zero-order chi connectivity index (χ0) is 15.8. The second kappa shape index (κ2) is 5.59. The van der Waals surface area contributed by atoms with E-state index in [1.807, 2.05) is 0 Å². The summed E-state index contributed by atoms with van der Waals surface area (Å²) in [6.45, 7) is 0.518. The number of benzene rings is 1. The van der Waals surface area contributed by atoms with Gasteiger partial charge in [0.2, 0.25) is 5.91 Å². The first-order valence-corrected chi connectivity index (χ1v) is 6.22. The standard InChI is InChI=1S/C13H13F5N2O/c1-7-12(21)20(6-10(14)15)11(19-7)8-4-2-3-5-9(8)13(16,17)18/h2-5,7,10-11,19H,6H2,1H3. The quantitative estimate of drug-likeness (QED) is 0.871. The lowest BCUT2D eigenvalue weighted by Gasteiger charge is -2.26. The summed E-state index contributed by atoms with van der Waals surface area (Å²) in [5.74, 6) is -0.641. The fraction of sp³-hybridized carbons (Fsp3) is 0.462. The van der Waals surface area contributed by atoms with Crippen molar-refractivity contribution in [3.05, 3.63) is 35.4 Å². The number of halogens is 5. The zero-order valence-electron chi connectivity index (χ0n) is 11.0. The van der Waals surface area contributed by atoms with Crippen molar-refractivity contribution in [3.63, 3.8) is 0 Å². The number of nitrogens with zero attached hydrogens (tertiary/aromatic N) is 1. The highest BCUT2D eigenvalue weighted by Crippen LogP contribution is 2.37. The maximum atomic E-state index is 13.0. The molecule has 8 heteroatoms. The number of carbonyl (C=O) groups is 1. The van der Waals surface area contributed by atoms with E-state index in [0.717, 1.165) is 11.0 Å². The minimum atomic E-state index is -4.62. The molecule has 1 fully saturated rings. The Kier molecular flexibility index (Phi) is 4.18. The van der Waals surface area contributed by atoms with Crippen molar-refractivity contribution in [3.8, 4) is 0 Å². The van der Waals surface area contributed by atoms with Crippen LogP contribution in [0.3, 0.4) is 0 Å². The third kappa shape index (κ3) is 3.15. The maximum Gasteiger partial charge on any atom is 0.416 e. The van der Waals surface area contributed by atoms with Crippen LogP contribution in [0.1, 0.15) is 24.2 Å². The van der Waals surface area contributed by atoms with E-state index in [1.165, 1.54) is 25.1 Å². The molecular formula is C13H13F5N2O. The average Bonchev–Trinajstić information content (AvgIpc) is 2.65. The zero-order valence-corrected chi connectivity index (χ0v) is 11.0. The van der Waals surface area contributed by atoms with Crippen LogP contribution in [0.25, 0.3) is 0 Å². The lowest BCUT2D eigenvalue weighted by Crippen LogP contribution is -2.35. The summed E-state index contributed by atoms with van der Waals surface area (Å²) in [4.78, 5) is 12.6. The van der Waals surface area contributed by atoms with Crippen LogP contribution in [-0.2, 0) is 11.0 Å². The van der Waals surface area contributed by atoms with Gasteiger partial charge >= 0.3 is 6.18 Å². The van der Waals surface area contributed by atoms with Gasteiger partial charge in [-0.2, -0.15) is 13.2 Å². The Morgan fingerprint density at radius 1 is 1.29 bits per heavy atom. The van der Waals surface area contributed by atoms with Gasteiger partial charge in [0.1, 0.15) is 6.17 Å². The van der Waals surface area contributed by atoms with Crippen LogP contribution in [0.2, 0.25) is 0 Å². The smallest absolute Gasteiger partial charge is 0.316 e. The summed E-state index contributed by atoms with van der Waals surface area (Å²) in [6.07, 6.45) is -8.65. The Hall–Kier alpha value is -1.70. The highest BCUT2D eigenvalue weighted by molar-refractivity contribution is 5.84. The molecule has 1 aromatic rings. The van der Waals surface area contributed by atoms with E-state index in [9.17, 15) is 26.7 Å². The van der Waals surface area contributed by atoms with Crippen molar-refractivity contribution in [2.75, 3.05) is 6.54 Å². The van der Waals surface area contributed by atoms with Gasteiger partial charge in [0, 0.05) is 5.56 Å². The normalized spacial score (nSPS) is 23.2. The van der Waals surface area contributed by atoms with Crippen molar-refractivity contribution in [1.82, 2.24) is 10.2 Å². The van der Waals surface area contributed by atoms with Crippen LogP contribution in [0.15, 0.2) is 24.3 Å². The Balaban J connectivity index is 2.43. The second-order valence-electron chi connectivity index (χ2n) is 4.76. The molecule has 2 unspecified atom stereocenters. The van der Waals surface area contributed by atoms with E-state index >= 15 is 0 Å². The molecule has 1 aliphatic heterocycles. The molecule has 1 aliphatic rings. The van der Waals surface area contributed by atoms with E-state index in [2.05, 4.69) is 5.32 Å².